The molecule has 2 atom stereocenters. The Balaban J connectivity index is 1.21. The number of likely N-dealkylation sites (N-methyl/N-ethyl adjacent to an activating group) is 1. The number of aryl methyl sites for hydroxylation is 1. The van der Waals surface area contributed by atoms with E-state index in [9.17, 15) is 14.0 Å². The fourth-order valence-corrected chi connectivity index (χ4v) is 4.12. The van der Waals surface area contributed by atoms with Gasteiger partial charge in [-0.1, -0.05) is 17.3 Å². The molecule has 10 heteroatoms. The summed E-state index contributed by atoms with van der Waals surface area (Å²) in [6.45, 7) is 1.85. The van der Waals surface area contributed by atoms with Crippen LogP contribution in [0.25, 0.3) is 22.8 Å². The van der Waals surface area contributed by atoms with E-state index in [0.717, 1.165) is 16.8 Å². The third-order valence-corrected chi connectivity index (χ3v) is 6.35. The number of fused-ring (bicyclic) bond motifs is 1. The number of carbonyl (C=O) groups excluding carboxylic acids is 2. The zero-order chi connectivity index (χ0) is 24.3. The lowest BCUT2D eigenvalue weighted by Crippen LogP contribution is -2.20. The topological polar surface area (TPSA) is 114 Å². The van der Waals surface area contributed by atoms with Gasteiger partial charge in [0.2, 0.25) is 29.3 Å². The van der Waals surface area contributed by atoms with E-state index in [4.69, 9.17) is 8.94 Å². The van der Waals surface area contributed by atoms with Gasteiger partial charge >= 0.3 is 0 Å². The van der Waals surface area contributed by atoms with Crippen molar-refractivity contribution in [3.8, 4) is 22.8 Å². The van der Waals surface area contributed by atoms with E-state index in [2.05, 4.69) is 20.4 Å². The highest BCUT2D eigenvalue weighted by atomic mass is 19.1. The summed E-state index contributed by atoms with van der Waals surface area (Å²) in [5.41, 5.74) is 4.43. The van der Waals surface area contributed by atoms with Crippen molar-refractivity contribution >= 4 is 23.2 Å². The number of nitrogens with zero attached hydrogens (tertiary/aromatic N) is 4. The zero-order valence-corrected chi connectivity index (χ0v) is 18.9. The molecule has 2 aliphatic rings. The van der Waals surface area contributed by atoms with Crippen LogP contribution in [0.4, 0.5) is 15.8 Å². The van der Waals surface area contributed by atoms with Crippen LogP contribution in [0.1, 0.15) is 39.9 Å². The van der Waals surface area contributed by atoms with Crippen molar-refractivity contribution in [2.45, 2.75) is 31.9 Å². The van der Waals surface area contributed by atoms with Crippen LogP contribution in [-0.4, -0.2) is 40.2 Å². The number of anilines is 2. The molecule has 9 nitrogen and oxygen atoms in total. The second-order valence-corrected chi connectivity index (χ2v) is 8.80. The highest BCUT2D eigenvalue weighted by Gasteiger charge is 2.43. The van der Waals surface area contributed by atoms with Gasteiger partial charge in [-0.3, -0.25) is 9.59 Å². The average Bonchev–Trinajstić information content (AvgIpc) is 3.23. The first-order valence-corrected chi connectivity index (χ1v) is 11.1. The largest absolute Gasteiger partial charge is 0.431 e. The second-order valence-electron chi connectivity index (χ2n) is 8.80. The van der Waals surface area contributed by atoms with Gasteiger partial charge < -0.3 is 19.2 Å². The highest BCUT2D eigenvalue weighted by molar-refractivity contribution is 6.03. The summed E-state index contributed by atoms with van der Waals surface area (Å²) in [6.07, 6.45) is 1.16. The number of oxazole rings is 1. The van der Waals surface area contributed by atoms with Crippen LogP contribution in [0.3, 0.4) is 0 Å². The number of amides is 2. The van der Waals surface area contributed by atoms with Crippen LogP contribution in [0, 0.1) is 6.92 Å². The number of hydrogen-bond donors (Lipinski definition) is 1. The fourth-order valence-electron chi connectivity index (χ4n) is 4.12. The minimum Gasteiger partial charge on any atom is -0.431 e. The molecule has 1 aliphatic carbocycles. The van der Waals surface area contributed by atoms with E-state index in [-0.39, 0.29) is 29.4 Å². The Labute approximate surface area is 199 Å². The maximum Gasteiger partial charge on any atom is 0.293 e. The van der Waals surface area contributed by atoms with E-state index < -0.39 is 12.1 Å². The molecular formula is C25H20FN5O4. The smallest absolute Gasteiger partial charge is 0.293 e. The van der Waals surface area contributed by atoms with E-state index in [1.807, 2.05) is 31.2 Å². The first-order valence-electron chi connectivity index (χ1n) is 11.1. The molecule has 0 unspecified atom stereocenters. The Bertz CT molecular complexity index is 1490. The molecule has 4 aromatic rings. The van der Waals surface area contributed by atoms with Crippen LogP contribution in [-0.2, 0) is 11.2 Å². The van der Waals surface area contributed by atoms with Crippen LogP contribution >= 0.6 is 0 Å². The SMILES string of the molecule is Cc1ccc(-c2noc([C@H]3C[C@@H]3F)n2)cc1NC(=O)c1cnc(-c2ccc3c(c2)CC(=O)N3C)o1. The van der Waals surface area contributed by atoms with Gasteiger partial charge in [-0.2, -0.15) is 4.98 Å². The van der Waals surface area contributed by atoms with Crippen LogP contribution in [0.15, 0.2) is 51.5 Å². The van der Waals surface area contributed by atoms with Crippen LogP contribution in [0.5, 0.6) is 0 Å². The Morgan fingerprint density at radius 2 is 2.00 bits per heavy atom. The number of hydrogen-bond acceptors (Lipinski definition) is 7. The van der Waals surface area contributed by atoms with Crippen molar-refractivity contribution < 1.29 is 22.9 Å². The summed E-state index contributed by atoms with van der Waals surface area (Å²) in [5.74, 6) is 0.186. The number of nitrogens with one attached hydrogen (secondary N) is 1. The Morgan fingerprint density at radius 3 is 2.80 bits per heavy atom. The molecule has 6 rings (SSSR count). The van der Waals surface area contributed by atoms with Gasteiger partial charge in [-0.05, 0) is 48.7 Å². The number of benzene rings is 2. The lowest BCUT2D eigenvalue weighted by Gasteiger charge is -2.09. The number of aromatic nitrogens is 3. The summed E-state index contributed by atoms with van der Waals surface area (Å²) in [5, 5.41) is 6.78. The van der Waals surface area contributed by atoms with Gasteiger partial charge in [-0.25, -0.2) is 9.37 Å². The van der Waals surface area contributed by atoms with Gasteiger partial charge in [-0.15, -0.1) is 0 Å². The highest BCUT2D eigenvalue weighted by Crippen LogP contribution is 2.43. The Morgan fingerprint density at radius 1 is 1.20 bits per heavy atom. The van der Waals surface area contributed by atoms with Crippen LogP contribution in [0.2, 0.25) is 0 Å². The molecule has 0 radical (unpaired) electrons. The maximum atomic E-state index is 13.3. The minimum atomic E-state index is -0.927. The van der Waals surface area contributed by atoms with E-state index in [1.54, 1.807) is 24.1 Å². The van der Waals surface area contributed by atoms with Crippen molar-refractivity contribution in [3.63, 3.8) is 0 Å². The predicted octanol–water partition coefficient (Wildman–Crippen LogP) is 4.30. The van der Waals surface area contributed by atoms with E-state index in [0.29, 0.717) is 35.5 Å². The summed E-state index contributed by atoms with van der Waals surface area (Å²) < 4.78 is 24.2. The van der Waals surface area contributed by atoms with Crippen molar-refractivity contribution in [3.05, 3.63) is 65.4 Å². The standard InChI is InChI=1S/C25H20FN5O4/c1-12-3-4-13(22-29-25(35-30-22)16-10-17(16)26)8-18(12)28-23(33)20-11-27-24(34-20)14-5-6-19-15(7-14)9-21(32)31(19)2/h3-8,11,16-17H,9-10H2,1-2H3,(H,28,33)/t16-,17-/m0/s1. The monoisotopic (exact) mass is 473 g/mol. The molecular weight excluding hydrogens is 453 g/mol. The van der Waals surface area contributed by atoms with Crippen LogP contribution < -0.4 is 10.2 Å². The quantitative estimate of drug-likeness (QED) is 0.460. The van der Waals surface area contributed by atoms with Crippen molar-refractivity contribution in [1.29, 1.82) is 0 Å². The molecule has 35 heavy (non-hydrogen) atoms. The lowest BCUT2D eigenvalue weighted by atomic mass is 10.1. The van der Waals surface area contributed by atoms with Gasteiger partial charge in [0.15, 0.2) is 0 Å². The number of rotatable bonds is 5. The minimum absolute atomic E-state index is 0.0263. The molecule has 1 N–H and O–H groups in total. The average molecular weight is 473 g/mol. The number of carbonyl (C=O) groups is 2. The maximum absolute atomic E-state index is 13.3. The molecule has 0 spiro atoms. The summed E-state index contributed by atoms with van der Waals surface area (Å²) in [4.78, 5) is 35.0. The van der Waals surface area contributed by atoms with Gasteiger partial charge in [0, 0.05) is 29.5 Å². The molecule has 3 heterocycles. The molecule has 2 amide bonds. The molecule has 176 valence electrons. The van der Waals surface area contributed by atoms with Gasteiger partial charge in [0.25, 0.3) is 5.91 Å². The van der Waals surface area contributed by atoms with Crippen molar-refractivity contribution in [1.82, 2.24) is 15.1 Å². The molecule has 0 saturated heterocycles. The molecule has 1 fully saturated rings. The van der Waals surface area contributed by atoms with Gasteiger partial charge in [0.05, 0.1) is 18.5 Å². The Kier molecular flexibility index (Phi) is 4.77. The molecule has 1 saturated carbocycles. The predicted molar refractivity (Wildman–Crippen MR) is 124 cm³/mol. The first kappa shape index (κ1) is 21.2. The fraction of sp³-hybridized carbons (Fsp3) is 0.240. The molecule has 0 bridgehead atoms. The number of alkyl halides is 1. The first-order chi connectivity index (χ1) is 16.9. The molecule has 2 aromatic carbocycles. The normalized spacial score (nSPS) is 18.6. The van der Waals surface area contributed by atoms with Crippen molar-refractivity contribution in [2.24, 2.45) is 0 Å². The molecule has 2 aromatic heterocycles. The summed E-state index contributed by atoms with van der Waals surface area (Å²) in [7, 11) is 1.74. The third-order valence-electron chi connectivity index (χ3n) is 6.35. The number of halogens is 1. The lowest BCUT2D eigenvalue weighted by molar-refractivity contribution is -0.117. The second kappa shape index (κ2) is 7.86. The summed E-state index contributed by atoms with van der Waals surface area (Å²) >= 11 is 0. The van der Waals surface area contributed by atoms with Gasteiger partial charge in [0.1, 0.15) is 6.17 Å². The zero-order valence-electron chi connectivity index (χ0n) is 18.9. The van der Waals surface area contributed by atoms with Crippen molar-refractivity contribution in [2.75, 3.05) is 17.3 Å². The van der Waals surface area contributed by atoms with E-state index in [1.165, 1.54) is 6.20 Å². The Hall–Kier alpha value is -4.34. The molecule has 1 aliphatic heterocycles. The third kappa shape index (κ3) is 3.76. The summed E-state index contributed by atoms with van der Waals surface area (Å²) in [6, 6.07) is 10.9. The van der Waals surface area contributed by atoms with E-state index >= 15 is 0 Å².